The molecule has 2 aromatic carbocycles. The number of phenolic OH excluding ortho intramolecular Hbond substituents is 1. The van der Waals surface area contributed by atoms with E-state index in [-0.39, 0.29) is 5.75 Å². The number of phenols is 1. The number of rotatable bonds is 6. The fourth-order valence-electron chi connectivity index (χ4n) is 2.36. The summed E-state index contributed by atoms with van der Waals surface area (Å²) in [4.78, 5) is 0. The van der Waals surface area contributed by atoms with E-state index in [2.05, 4.69) is 6.58 Å². The van der Waals surface area contributed by atoms with E-state index in [1.807, 2.05) is 44.2 Å². The van der Waals surface area contributed by atoms with Gasteiger partial charge in [0.25, 0.3) is 0 Å². The highest BCUT2D eigenvalue weighted by atomic mass is 16.5. The summed E-state index contributed by atoms with van der Waals surface area (Å²) in [6.07, 6.45) is 0. The maximum Gasteiger partial charge on any atom is 0.126 e. The Kier molecular flexibility index (Phi) is 5.23. The van der Waals surface area contributed by atoms with Gasteiger partial charge in [-0.25, -0.2) is 0 Å². The lowest BCUT2D eigenvalue weighted by Gasteiger charge is -2.15. The van der Waals surface area contributed by atoms with Crippen molar-refractivity contribution in [1.82, 2.24) is 0 Å². The van der Waals surface area contributed by atoms with Gasteiger partial charge in [-0.3, -0.25) is 0 Å². The molecule has 3 nitrogen and oxygen atoms in total. The van der Waals surface area contributed by atoms with E-state index in [0.717, 1.165) is 27.8 Å². The zero-order chi connectivity index (χ0) is 16.1. The van der Waals surface area contributed by atoms with Crippen LogP contribution in [0.15, 0.2) is 43.0 Å². The van der Waals surface area contributed by atoms with Crippen molar-refractivity contribution in [3.05, 3.63) is 65.2 Å². The highest BCUT2D eigenvalue weighted by Gasteiger charge is 2.09. The molecule has 0 aliphatic carbocycles. The average molecular weight is 298 g/mol. The first-order valence-corrected chi connectivity index (χ1v) is 7.21. The van der Waals surface area contributed by atoms with E-state index in [1.54, 1.807) is 13.2 Å². The largest absolute Gasteiger partial charge is 0.508 e. The molecule has 0 bridgehead atoms. The van der Waals surface area contributed by atoms with Gasteiger partial charge in [-0.1, -0.05) is 30.8 Å². The summed E-state index contributed by atoms with van der Waals surface area (Å²) in [5.74, 6) is 0.955. The molecule has 3 heteroatoms. The van der Waals surface area contributed by atoms with E-state index >= 15 is 0 Å². The van der Waals surface area contributed by atoms with Crippen molar-refractivity contribution in [3.8, 4) is 11.5 Å². The number of methoxy groups -OCH3 is 1. The van der Waals surface area contributed by atoms with Gasteiger partial charge in [-0.15, -0.1) is 0 Å². The lowest BCUT2D eigenvalue weighted by molar-refractivity contribution is 0.239. The monoisotopic (exact) mass is 298 g/mol. The standard InChI is InChI=1S/C19H22O3/c1-13-9-18(20)15(3)19(10-13)22-12-16-7-5-6-8-17(16)14(2)11-21-4/h5-10,20H,2,11-12H2,1,3-4H3. The van der Waals surface area contributed by atoms with Crippen LogP contribution in [0, 0.1) is 13.8 Å². The zero-order valence-electron chi connectivity index (χ0n) is 13.3. The molecule has 0 aliphatic heterocycles. The summed E-state index contributed by atoms with van der Waals surface area (Å²) >= 11 is 0. The van der Waals surface area contributed by atoms with Crippen molar-refractivity contribution >= 4 is 5.57 Å². The van der Waals surface area contributed by atoms with Crippen molar-refractivity contribution in [1.29, 1.82) is 0 Å². The van der Waals surface area contributed by atoms with Crippen molar-refractivity contribution in [3.63, 3.8) is 0 Å². The van der Waals surface area contributed by atoms with Gasteiger partial charge in [0.05, 0.1) is 6.61 Å². The zero-order valence-corrected chi connectivity index (χ0v) is 13.3. The first-order chi connectivity index (χ1) is 10.5. The highest BCUT2D eigenvalue weighted by molar-refractivity contribution is 5.67. The van der Waals surface area contributed by atoms with Crippen LogP contribution in [0.2, 0.25) is 0 Å². The Balaban J connectivity index is 2.21. The van der Waals surface area contributed by atoms with Crippen molar-refractivity contribution < 1.29 is 14.6 Å². The molecule has 0 amide bonds. The SMILES string of the molecule is C=C(COC)c1ccccc1COc1cc(C)cc(O)c1C. The van der Waals surface area contributed by atoms with E-state index in [1.165, 1.54) is 0 Å². The van der Waals surface area contributed by atoms with Gasteiger partial charge in [0, 0.05) is 12.7 Å². The molecule has 0 heterocycles. The normalized spacial score (nSPS) is 10.5. The molecular weight excluding hydrogens is 276 g/mol. The summed E-state index contributed by atoms with van der Waals surface area (Å²) in [5.41, 5.74) is 4.73. The predicted octanol–water partition coefficient (Wildman–Crippen LogP) is 4.25. The average Bonchev–Trinajstić information content (AvgIpc) is 2.50. The van der Waals surface area contributed by atoms with E-state index in [0.29, 0.717) is 19.0 Å². The molecule has 0 saturated carbocycles. The van der Waals surface area contributed by atoms with Gasteiger partial charge in [-0.05, 0) is 48.2 Å². The molecule has 1 N–H and O–H groups in total. The summed E-state index contributed by atoms with van der Waals surface area (Å²) < 4.78 is 11.1. The van der Waals surface area contributed by atoms with Crippen LogP contribution in [0.1, 0.15) is 22.3 Å². The fourth-order valence-corrected chi connectivity index (χ4v) is 2.36. The molecule has 0 fully saturated rings. The molecule has 0 spiro atoms. The minimum absolute atomic E-state index is 0.257. The Labute approximate surface area is 131 Å². The molecule has 0 saturated heterocycles. The third kappa shape index (κ3) is 3.68. The number of hydrogen-bond acceptors (Lipinski definition) is 3. The van der Waals surface area contributed by atoms with Crippen molar-refractivity contribution in [2.75, 3.05) is 13.7 Å². The van der Waals surface area contributed by atoms with Crippen LogP contribution in [-0.4, -0.2) is 18.8 Å². The van der Waals surface area contributed by atoms with E-state index in [4.69, 9.17) is 9.47 Å². The van der Waals surface area contributed by atoms with Gasteiger partial charge in [-0.2, -0.15) is 0 Å². The van der Waals surface area contributed by atoms with Crippen molar-refractivity contribution in [2.24, 2.45) is 0 Å². The first-order valence-electron chi connectivity index (χ1n) is 7.21. The molecule has 116 valence electrons. The molecular formula is C19H22O3. The molecule has 0 aromatic heterocycles. The second-order valence-corrected chi connectivity index (χ2v) is 5.39. The van der Waals surface area contributed by atoms with Gasteiger partial charge < -0.3 is 14.6 Å². The van der Waals surface area contributed by atoms with Crippen LogP contribution in [0.25, 0.3) is 5.57 Å². The lowest BCUT2D eigenvalue weighted by atomic mass is 10.0. The first kappa shape index (κ1) is 16.1. The number of aryl methyl sites for hydroxylation is 1. The lowest BCUT2D eigenvalue weighted by Crippen LogP contribution is -2.03. The summed E-state index contributed by atoms with van der Waals surface area (Å²) in [6.45, 7) is 8.74. The smallest absolute Gasteiger partial charge is 0.126 e. The summed E-state index contributed by atoms with van der Waals surface area (Å²) in [5, 5.41) is 9.88. The molecule has 2 rings (SSSR count). The Hall–Kier alpha value is -2.26. The van der Waals surface area contributed by atoms with Crippen LogP contribution in [0.4, 0.5) is 0 Å². The van der Waals surface area contributed by atoms with Crippen LogP contribution >= 0.6 is 0 Å². The molecule has 0 radical (unpaired) electrons. The number of aromatic hydroxyl groups is 1. The number of ether oxygens (including phenoxy) is 2. The van der Waals surface area contributed by atoms with Crippen LogP contribution in [0.5, 0.6) is 11.5 Å². The molecule has 2 aromatic rings. The maximum atomic E-state index is 9.88. The van der Waals surface area contributed by atoms with E-state index in [9.17, 15) is 5.11 Å². The van der Waals surface area contributed by atoms with Crippen LogP contribution in [0.3, 0.4) is 0 Å². The molecule has 0 atom stereocenters. The van der Waals surface area contributed by atoms with Gasteiger partial charge >= 0.3 is 0 Å². The summed E-state index contributed by atoms with van der Waals surface area (Å²) in [7, 11) is 1.66. The minimum Gasteiger partial charge on any atom is -0.508 e. The van der Waals surface area contributed by atoms with Crippen LogP contribution in [-0.2, 0) is 11.3 Å². The molecule has 22 heavy (non-hydrogen) atoms. The second kappa shape index (κ2) is 7.14. The number of benzene rings is 2. The Morgan fingerprint density at radius 3 is 2.64 bits per heavy atom. The highest BCUT2D eigenvalue weighted by Crippen LogP contribution is 2.29. The minimum atomic E-state index is 0.257. The Morgan fingerprint density at radius 1 is 1.18 bits per heavy atom. The Bertz CT molecular complexity index is 674. The van der Waals surface area contributed by atoms with Gasteiger partial charge in [0.1, 0.15) is 18.1 Å². The quantitative estimate of drug-likeness (QED) is 0.866. The fraction of sp³-hybridized carbons (Fsp3) is 0.263. The number of hydrogen-bond donors (Lipinski definition) is 1. The molecule has 0 unspecified atom stereocenters. The van der Waals surface area contributed by atoms with Crippen LogP contribution < -0.4 is 4.74 Å². The van der Waals surface area contributed by atoms with Gasteiger partial charge in [0.2, 0.25) is 0 Å². The predicted molar refractivity (Wildman–Crippen MR) is 89.3 cm³/mol. The third-order valence-electron chi connectivity index (χ3n) is 3.58. The molecule has 0 aliphatic rings. The summed E-state index contributed by atoms with van der Waals surface area (Å²) in [6, 6.07) is 11.6. The van der Waals surface area contributed by atoms with E-state index < -0.39 is 0 Å². The Morgan fingerprint density at radius 2 is 1.91 bits per heavy atom. The maximum absolute atomic E-state index is 9.88. The van der Waals surface area contributed by atoms with Crippen molar-refractivity contribution in [2.45, 2.75) is 20.5 Å². The topological polar surface area (TPSA) is 38.7 Å². The second-order valence-electron chi connectivity index (χ2n) is 5.39. The van der Waals surface area contributed by atoms with Gasteiger partial charge in [0.15, 0.2) is 0 Å². The third-order valence-corrected chi connectivity index (χ3v) is 3.58.